The number of carboxylic acids is 1. The third-order valence-corrected chi connectivity index (χ3v) is 17.1. The maximum atomic E-state index is 13.3. The van der Waals surface area contributed by atoms with Crippen molar-refractivity contribution in [1.29, 1.82) is 0 Å². The Morgan fingerprint density at radius 1 is 0.625 bits per heavy atom. The number of hydrogen-bond acceptors (Lipinski definition) is 23. The molecule has 72 heavy (non-hydrogen) atoms. The van der Waals surface area contributed by atoms with E-state index in [9.17, 15) is 19.2 Å². The van der Waals surface area contributed by atoms with Crippen molar-refractivity contribution < 1.29 is 38.5 Å². The topological polar surface area (TPSA) is 253 Å². The minimum Gasteiger partial charge on any atom is -0.497 e. The predicted octanol–water partition coefficient (Wildman–Crippen LogP) is 9.29. The lowest BCUT2D eigenvalue weighted by Gasteiger charge is -2.10. The summed E-state index contributed by atoms with van der Waals surface area (Å²) < 4.78 is 20.4. The number of anilines is 2. The molecule has 0 spiro atoms. The third-order valence-electron chi connectivity index (χ3n) is 8.79. The number of rotatable bonds is 21. The summed E-state index contributed by atoms with van der Waals surface area (Å²) in [5.74, 6) is -0.463. The van der Waals surface area contributed by atoms with Gasteiger partial charge in [0.15, 0.2) is 20.6 Å². The van der Waals surface area contributed by atoms with Gasteiger partial charge in [0.1, 0.15) is 45.6 Å². The van der Waals surface area contributed by atoms with E-state index in [1.54, 1.807) is 49.1 Å². The summed E-state index contributed by atoms with van der Waals surface area (Å²) in [6, 6.07) is 22.4. The van der Waals surface area contributed by atoms with Crippen LogP contribution in [0.25, 0.3) is 0 Å². The lowest BCUT2D eigenvalue weighted by molar-refractivity contribution is -0.140. The molecule has 0 aliphatic rings. The van der Waals surface area contributed by atoms with Gasteiger partial charge in [-0.15, -0.1) is 43.9 Å². The van der Waals surface area contributed by atoms with Crippen LogP contribution >= 0.6 is 93.2 Å². The Labute approximate surface area is 445 Å². The molecule has 8 aromatic rings. The standard InChI is InChI=1S/C23H22N6O4S4.C21H18N6O4S4/c1-4-33-18(30)12-34-19-11-24-22(37-19)27-21(31)20-16(35-15-7-5-14(32-3)6-8-15)9-10-17(26-20)36-23-28-25-13-29(23)2;1-27-11-23-26-21(27)34-15-8-7-14(33-13-5-3-12(31-2)4-6-13)18(24-15)19(30)25-20-22-9-17(35-20)32-10-16(28)29/h5-11,13H,4,12H2,1-3H3,(H,24,27,31);3-9,11H,10H2,1-2H3,(H,28,29)(H,22,25,30). The second kappa shape index (κ2) is 26.5. The number of carbonyl (C=O) groups is 4. The van der Waals surface area contributed by atoms with Gasteiger partial charge < -0.3 is 28.5 Å². The van der Waals surface area contributed by atoms with Gasteiger partial charge in [-0.25, -0.2) is 19.9 Å². The Morgan fingerprint density at radius 2 is 1.07 bits per heavy atom. The van der Waals surface area contributed by atoms with Gasteiger partial charge in [-0.05, 0) is 103 Å². The lowest BCUT2D eigenvalue weighted by atomic mass is 10.3. The van der Waals surface area contributed by atoms with E-state index in [1.807, 2.05) is 86.9 Å². The monoisotopic (exact) mass is 1120 g/mol. The van der Waals surface area contributed by atoms with Crippen molar-refractivity contribution in [2.75, 3.05) is 43.0 Å². The van der Waals surface area contributed by atoms with Crippen LogP contribution in [0.1, 0.15) is 27.9 Å². The number of methoxy groups -OCH3 is 2. The molecule has 0 atom stereocenters. The van der Waals surface area contributed by atoms with E-state index in [1.165, 1.54) is 87.7 Å². The first-order chi connectivity index (χ1) is 34.9. The fourth-order valence-corrected chi connectivity index (χ4v) is 12.0. The van der Waals surface area contributed by atoms with Gasteiger partial charge in [0.05, 0.1) is 53.1 Å². The first kappa shape index (κ1) is 53.7. The number of thioether (sulfide) groups is 2. The SMILES string of the molecule is CCOC(=O)CSc1cnc(NC(=O)c2nc(Sc3nncn3C)ccc2Sc2ccc(OC)cc2)s1.COc1ccc(Sc2ccc(Sc3nncn3C)nc2C(=O)Nc2ncc(SCC(=O)O)s2)cc1. The van der Waals surface area contributed by atoms with Crippen molar-refractivity contribution in [3.8, 4) is 11.5 Å². The second-order valence-corrected chi connectivity index (χ2v) is 22.7. The number of carbonyl (C=O) groups excluding carboxylic acids is 3. The quantitative estimate of drug-likeness (QED) is 0.0447. The molecule has 6 aromatic heterocycles. The van der Waals surface area contributed by atoms with Crippen molar-refractivity contribution in [3.05, 3.63) is 109 Å². The molecule has 2 aromatic carbocycles. The van der Waals surface area contributed by atoms with Crippen LogP contribution in [0, 0.1) is 0 Å². The van der Waals surface area contributed by atoms with E-state index in [0.717, 1.165) is 37.3 Å². The van der Waals surface area contributed by atoms with Crippen LogP contribution < -0.4 is 20.1 Å². The van der Waals surface area contributed by atoms with Gasteiger partial charge >= 0.3 is 11.9 Å². The summed E-state index contributed by atoms with van der Waals surface area (Å²) in [7, 11) is 6.88. The van der Waals surface area contributed by atoms with Gasteiger partial charge in [0, 0.05) is 33.7 Å². The van der Waals surface area contributed by atoms with E-state index in [2.05, 4.69) is 51.0 Å². The van der Waals surface area contributed by atoms with Gasteiger partial charge in [0.25, 0.3) is 11.8 Å². The van der Waals surface area contributed by atoms with E-state index in [0.29, 0.717) is 51.2 Å². The fraction of sp³-hybridized carbons (Fsp3) is 0.182. The number of esters is 1. The van der Waals surface area contributed by atoms with Crippen molar-refractivity contribution in [3.63, 3.8) is 0 Å². The molecule has 0 unspecified atom stereocenters. The number of nitrogens with one attached hydrogen (secondary N) is 2. The van der Waals surface area contributed by atoms with Crippen LogP contribution in [-0.2, 0) is 28.4 Å². The maximum Gasteiger partial charge on any atom is 0.316 e. The molecular formula is C44H40N12O8S8. The average Bonchev–Trinajstić information content (AvgIpc) is 4.21. The molecule has 8 rings (SSSR count). The molecule has 0 bridgehead atoms. The first-order valence-electron chi connectivity index (χ1n) is 20.7. The Balaban J connectivity index is 0.000000212. The number of aliphatic carboxylic acids is 1. The summed E-state index contributed by atoms with van der Waals surface area (Å²) in [6.07, 6.45) is 6.34. The molecule has 0 aliphatic heterocycles. The van der Waals surface area contributed by atoms with Gasteiger partial charge in [-0.1, -0.05) is 46.2 Å². The highest BCUT2D eigenvalue weighted by Crippen LogP contribution is 2.37. The normalized spacial score (nSPS) is 10.8. The molecule has 0 fully saturated rings. The largest absolute Gasteiger partial charge is 0.497 e. The highest BCUT2D eigenvalue weighted by atomic mass is 32.2. The average molecular weight is 1120 g/mol. The Kier molecular flexibility index (Phi) is 19.8. The zero-order valence-corrected chi connectivity index (χ0v) is 44.9. The zero-order valence-electron chi connectivity index (χ0n) is 38.4. The predicted molar refractivity (Wildman–Crippen MR) is 279 cm³/mol. The number of ether oxygens (including phenoxy) is 3. The molecule has 0 aliphatic carbocycles. The summed E-state index contributed by atoms with van der Waals surface area (Å²) in [4.78, 5) is 69.9. The van der Waals surface area contributed by atoms with Crippen molar-refractivity contribution in [2.24, 2.45) is 14.1 Å². The van der Waals surface area contributed by atoms with E-state index >= 15 is 0 Å². The minimum absolute atomic E-state index is 0.0822. The molecule has 20 nitrogen and oxygen atoms in total. The molecule has 0 saturated heterocycles. The minimum atomic E-state index is -0.921. The zero-order chi connectivity index (χ0) is 51.0. The van der Waals surface area contributed by atoms with Crippen molar-refractivity contribution >= 4 is 127 Å². The van der Waals surface area contributed by atoms with Gasteiger partial charge in [-0.2, -0.15) is 0 Å². The second-order valence-electron chi connectivity index (χ2n) is 13.9. The van der Waals surface area contributed by atoms with E-state index in [4.69, 9.17) is 19.3 Å². The summed E-state index contributed by atoms with van der Waals surface area (Å²) in [5.41, 5.74) is 0.483. The van der Waals surface area contributed by atoms with Crippen LogP contribution in [-0.4, -0.2) is 111 Å². The van der Waals surface area contributed by atoms with Crippen LogP contribution in [0.3, 0.4) is 0 Å². The Bertz CT molecular complexity index is 3130. The molecule has 6 heterocycles. The summed E-state index contributed by atoms with van der Waals surface area (Å²) >= 11 is 10.4. The number of aromatic nitrogens is 10. The fourth-order valence-electron chi connectivity index (χ4n) is 5.47. The molecule has 372 valence electrons. The van der Waals surface area contributed by atoms with Crippen LogP contribution in [0.15, 0.2) is 146 Å². The summed E-state index contributed by atoms with van der Waals surface area (Å²) in [5, 5.41) is 33.6. The molecule has 28 heteroatoms. The number of amides is 2. The number of benzene rings is 2. The number of carboxylic acid groups (broad SMARTS) is 1. The maximum absolute atomic E-state index is 13.3. The number of nitrogens with zero attached hydrogens (tertiary/aromatic N) is 10. The van der Waals surface area contributed by atoms with Gasteiger partial charge in [-0.3, -0.25) is 29.8 Å². The Morgan fingerprint density at radius 3 is 1.46 bits per heavy atom. The van der Waals surface area contributed by atoms with Crippen LogP contribution in [0.2, 0.25) is 0 Å². The number of aryl methyl sites for hydroxylation is 2. The molecule has 0 radical (unpaired) electrons. The molecule has 3 N–H and O–H groups in total. The lowest BCUT2D eigenvalue weighted by Crippen LogP contribution is -2.15. The highest BCUT2D eigenvalue weighted by molar-refractivity contribution is 8.02. The van der Waals surface area contributed by atoms with Crippen molar-refractivity contribution in [2.45, 2.75) is 55.3 Å². The first-order valence-corrected chi connectivity index (χ1v) is 27.6. The highest BCUT2D eigenvalue weighted by Gasteiger charge is 2.21. The smallest absolute Gasteiger partial charge is 0.316 e. The van der Waals surface area contributed by atoms with Crippen molar-refractivity contribution in [1.82, 2.24) is 49.5 Å². The number of pyridine rings is 2. The van der Waals surface area contributed by atoms with E-state index < -0.39 is 17.8 Å². The summed E-state index contributed by atoms with van der Waals surface area (Å²) in [6.45, 7) is 2.10. The van der Waals surface area contributed by atoms with Crippen LogP contribution in [0.5, 0.6) is 11.5 Å². The van der Waals surface area contributed by atoms with E-state index in [-0.39, 0.29) is 28.9 Å². The molecular weight excluding hydrogens is 1080 g/mol. The van der Waals surface area contributed by atoms with Gasteiger partial charge in [0.2, 0.25) is 0 Å². The third kappa shape index (κ3) is 15.7. The molecule has 0 saturated carbocycles. The van der Waals surface area contributed by atoms with Crippen LogP contribution in [0.4, 0.5) is 10.3 Å². The number of hydrogen-bond donors (Lipinski definition) is 3. The molecule has 2 amide bonds. The number of thiazole rings is 2. The Hall–Kier alpha value is -6.14.